The van der Waals surface area contributed by atoms with Gasteiger partial charge in [-0.15, -0.1) is 0 Å². The van der Waals surface area contributed by atoms with E-state index in [0.717, 1.165) is 56.6 Å². The van der Waals surface area contributed by atoms with Crippen molar-refractivity contribution in [3.8, 4) is 0 Å². The van der Waals surface area contributed by atoms with E-state index in [0.29, 0.717) is 24.5 Å². The number of amides is 1. The lowest BCUT2D eigenvalue weighted by molar-refractivity contribution is -0.128. The Morgan fingerprint density at radius 2 is 1.67 bits per heavy atom. The van der Waals surface area contributed by atoms with Crippen LogP contribution in [0.2, 0.25) is 0 Å². The van der Waals surface area contributed by atoms with Gasteiger partial charge in [0.25, 0.3) is 0 Å². The third-order valence-corrected chi connectivity index (χ3v) is 8.01. The van der Waals surface area contributed by atoms with Crippen molar-refractivity contribution in [3.05, 3.63) is 23.8 Å². The summed E-state index contributed by atoms with van der Waals surface area (Å²) in [6, 6.07) is 5.44. The second-order valence-electron chi connectivity index (χ2n) is 8.62. The van der Waals surface area contributed by atoms with E-state index in [4.69, 9.17) is 0 Å². The number of anilines is 1. The molecule has 3 aliphatic rings. The zero-order valence-corrected chi connectivity index (χ0v) is 17.1. The fourth-order valence-corrected chi connectivity index (χ4v) is 6.13. The molecule has 3 aliphatic heterocycles. The highest BCUT2D eigenvalue weighted by Crippen LogP contribution is 2.42. The number of benzene rings is 1. The van der Waals surface area contributed by atoms with Crippen LogP contribution < -0.4 is 4.90 Å². The van der Waals surface area contributed by atoms with Gasteiger partial charge in [0.15, 0.2) is 0 Å². The first kappa shape index (κ1) is 18.7. The molecule has 4 rings (SSSR count). The van der Waals surface area contributed by atoms with Gasteiger partial charge < -0.3 is 9.80 Å². The Morgan fingerprint density at radius 3 is 2.33 bits per heavy atom. The highest BCUT2D eigenvalue weighted by molar-refractivity contribution is 7.89. The van der Waals surface area contributed by atoms with E-state index in [2.05, 4.69) is 18.7 Å². The summed E-state index contributed by atoms with van der Waals surface area (Å²) < 4.78 is 27.4. The predicted octanol–water partition coefficient (Wildman–Crippen LogP) is 2.19. The molecule has 0 aliphatic carbocycles. The van der Waals surface area contributed by atoms with Crippen LogP contribution >= 0.6 is 0 Å². The number of hydrogen-bond acceptors (Lipinski definition) is 4. The Bertz CT molecular complexity index is 838. The lowest BCUT2D eigenvalue weighted by atomic mass is 9.87. The maximum atomic E-state index is 12.9. The number of hydrogen-bond donors (Lipinski definition) is 0. The van der Waals surface area contributed by atoms with Gasteiger partial charge in [0.2, 0.25) is 15.9 Å². The van der Waals surface area contributed by atoms with Crippen molar-refractivity contribution in [1.29, 1.82) is 0 Å². The molecule has 27 heavy (non-hydrogen) atoms. The standard InChI is InChI=1S/C20H29N3O3S/c1-20(2)15-22(14-19(24)21-9-3-4-10-21)18-8-7-16(13-17(18)20)27(25,26)23-11-5-6-12-23/h7-8,13H,3-6,9-12,14-15H2,1-2H3. The van der Waals surface area contributed by atoms with Crippen LogP contribution in [0.3, 0.4) is 0 Å². The average Bonchev–Trinajstić information content (AvgIpc) is 3.36. The van der Waals surface area contributed by atoms with E-state index < -0.39 is 10.0 Å². The molecule has 0 atom stereocenters. The Balaban J connectivity index is 1.61. The van der Waals surface area contributed by atoms with Gasteiger partial charge in [-0.3, -0.25) is 4.79 Å². The lowest BCUT2D eigenvalue weighted by Gasteiger charge is -2.24. The van der Waals surface area contributed by atoms with Gasteiger partial charge in [0.05, 0.1) is 11.4 Å². The first-order valence-electron chi connectivity index (χ1n) is 9.96. The molecule has 1 amide bonds. The van der Waals surface area contributed by atoms with Crippen molar-refractivity contribution >= 4 is 21.6 Å². The number of nitrogens with zero attached hydrogens (tertiary/aromatic N) is 3. The molecule has 0 radical (unpaired) electrons. The van der Waals surface area contributed by atoms with Gasteiger partial charge >= 0.3 is 0 Å². The minimum Gasteiger partial charge on any atom is -0.361 e. The van der Waals surface area contributed by atoms with E-state index in [1.807, 2.05) is 17.0 Å². The first-order chi connectivity index (χ1) is 12.8. The van der Waals surface area contributed by atoms with Gasteiger partial charge in [-0.2, -0.15) is 4.31 Å². The monoisotopic (exact) mass is 391 g/mol. The highest BCUT2D eigenvalue weighted by Gasteiger charge is 2.38. The van der Waals surface area contributed by atoms with Gasteiger partial charge in [-0.25, -0.2) is 8.42 Å². The third kappa shape index (κ3) is 3.36. The van der Waals surface area contributed by atoms with E-state index in [9.17, 15) is 13.2 Å². The van der Waals surface area contributed by atoms with Gasteiger partial charge in [-0.05, 0) is 49.4 Å². The number of likely N-dealkylation sites (tertiary alicyclic amines) is 1. The summed E-state index contributed by atoms with van der Waals surface area (Å²) in [4.78, 5) is 17.0. The smallest absolute Gasteiger partial charge is 0.243 e. The molecule has 3 heterocycles. The van der Waals surface area contributed by atoms with Crippen molar-refractivity contribution in [3.63, 3.8) is 0 Å². The summed E-state index contributed by atoms with van der Waals surface area (Å²) >= 11 is 0. The van der Waals surface area contributed by atoms with Gasteiger partial charge in [0.1, 0.15) is 0 Å². The first-order valence-corrected chi connectivity index (χ1v) is 11.4. The van der Waals surface area contributed by atoms with E-state index in [1.165, 1.54) is 0 Å². The summed E-state index contributed by atoms with van der Waals surface area (Å²) in [5.74, 6) is 0.171. The molecule has 1 aromatic carbocycles. The molecule has 0 saturated carbocycles. The lowest BCUT2D eigenvalue weighted by Crippen LogP contribution is -2.40. The van der Waals surface area contributed by atoms with Crippen molar-refractivity contribution in [1.82, 2.24) is 9.21 Å². The maximum Gasteiger partial charge on any atom is 0.243 e. The molecule has 2 saturated heterocycles. The van der Waals surface area contributed by atoms with Crippen molar-refractivity contribution in [2.45, 2.75) is 49.8 Å². The molecular formula is C20H29N3O3S. The van der Waals surface area contributed by atoms with E-state index >= 15 is 0 Å². The largest absolute Gasteiger partial charge is 0.361 e. The molecule has 0 bridgehead atoms. The van der Waals surface area contributed by atoms with Crippen LogP contribution in [0.25, 0.3) is 0 Å². The van der Waals surface area contributed by atoms with Gasteiger partial charge in [-0.1, -0.05) is 13.8 Å². The van der Waals surface area contributed by atoms with Crippen LogP contribution in [-0.2, 0) is 20.2 Å². The molecule has 0 unspecified atom stereocenters. The minimum atomic E-state index is -3.42. The number of rotatable bonds is 4. The van der Waals surface area contributed by atoms with Crippen molar-refractivity contribution in [2.24, 2.45) is 0 Å². The molecule has 1 aromatic rings. The fourth-order valence-electron chi connectivity index (χ4n) is 4.59. The molecule has 2 fully saturated rings. The van der Waals surface area contributed by atoms with Crippen LogP contribution in [0.15, 0.2) is 23.1 Å². The SMILES string of the molecule is CC1(C)CN(CC(=O)N2CCCC2)c2ccc(S(=O)(=O)N3CCCC3)cc21. The summed E-state index contributed by atoms with van der Waals surface area (Å²) in [7, 11) is -3.42. The Labute approximate surface area is 162 Å². The third-order valence-electron chi connectivity index (χ3n) is 6.11. The predicted molar refractivity (Wildman–Crippen MR) is 105 cm³/mol. The quantitative estimate of drug-likeness (QED) is 0.789. The average molecular weight is 392 g/mol. The maximum absolute atomic E-state index is 12.9. The van der Waals surface area contributed by atoms with E-state index in [1.54, 1.807) is 10.4 Å². The van der Waals surface area contributed by atoms with Crippen LogP contribution in [-0.4, -0.2) is 62.8 Å². The van der Waals surface area contributed by atoms with Crippen LogP contribution in [0.5, 0.6) is 0 Å². The summed E-state index contributed by atoms with van der Waals surface area (Å²) in [6.07, 6.45) is 4.04. The van der Waals surface area contributed by atoms with Crippen LogP contribution in [0.4, 0.5) is 5.69 Å². The Morgan fingerprint density at radius 1 is 1.04 bits per heavy atom. The topological polar surface area (TPSA) is 60.9 Å². The molecule has 6 nitrogen and oxygen atoms in total. The summed E-state index contributed by atoms with van der Waals surface area (Å²) in [5, 5.41) is 0. The van der Waals surface area contributed by atoms with Crippen molar-refractivity contribution in [2.75, 3.05) is 44.2 Å². The zero-order valence-electron chi connectivity index (χ0n) is 16.3. The molecule has 0 N–H and O–H groups in total. The van der Waals surface area contributed by atoms with Crippen molar-refractivity contribution < 1.29 is 13.2 Å². The molecule has 7 heteroatoms. The summed E-state index contributed by atoms with van der Waals surface area (Å²) in [5.41, 5.74) is 1.84. The fraction of sp³-hybridized carbons (Fsp3) is 0.650. The van der Waals surface area contributed by atoms with E-state index in [-0.39, 0.29) is 11.3 Å². The second kappa shape index (κ2) is 6.78. The van der Waals surface area contributed by atoms with Crippen LogP contribution in [0, 0.1) is 0 Å². The number of sulfonamides is 1. The zero-order chi connectivity index (χ0) is 19.2. The number of carbonyl (C=O) groups is 1. The molecule has 0 spiro atoms. The normalized spacial score (nSPS) is 22.4. The molecule has 148 valence electrons. The highest BCUT2D eigenvalue weighted by atomic mass is 32.2. The molecular weight excluding hydrogens is 362 g/mol. The Hall–Kier alpha value is -1.60. The van der Waals surface area contributed by atoms with Gasteiger partial charge in [0, 0.05) is 43.8 Å². The molecule has 0 aromatic heterocycles. The minimum absolute atomic E-state index is 0.171. The Kier molecular flexibility index (Phi) is 4.71. The second-order valence-corrected chi connectivity index (χ2v) is 10.6. The number of fused-ring (bicyclic) bond motifs is 1. The number of carbonyl (C=O) groups excluding carboxylic acids is 1. The summed E-state index contributed by atoms with van der Waals surface area (Å²) in [6.45, 7) is 8.28. The van der Waals surface area contributed by atoms with Crippen LogP contribution in [0.1, 0.15) is 45.1 Å².